The molecule has 0 aliphatic carbocycles. The highest BCUT2D eigenvalue weighted by Crippen LogP contribution is 2.17. The Balaban J connectivity index is 2.75. The average Bonchev–Trinajstić information content (AvgIpc) is 2.37. The number of aromatic nitrogens is 2. The summed E-state index contributed by atoms with van der Waals surface area (Å²) < 4.78 is 23.6. The van der Waals surface area contributed by atoms with Gasteiger partial charge in [0, 0.05) is 33.9 Å². The Bertz CT molecular complexity index is 368. The Kier molecular flexibility index (Phi) is 6.85. The van der Waals surface area contributed by atoms with Crippen molar-refractivity contribution in [2.75, 3.05) is 45.4 Å². The molecule has 1 aromatic heterocycles. The zero-order valence-corrected chi connectivity index (χ0v) is 11.3. The zero-order valence-electron chi connectivity index (χ0n) is 10.5. The van der Waals surface area contributed by atoms with Gasteiger partial charge in [0.05, 0.1) is 12.8 Å². The van der Waals surface area contributed by atoms with Gasteiger partial charge in [0.2, 0.25) is 5.28 Å². The van der Waals surface area contributed by atoms with Gasteiger partial charge in [-0.25, -0.2) is 9.37 Å². The summed E-state index contributed by atoms with van der Waals surface area (Å²) in [4.78, 5) is 9.28. The van der Waals surface area contributed by atoms with Crippen LogP contribution in [-0.4, -0.2) is 50.5 Å². The van der Waals surface area contributed by atoms with Gasteiger partial charge in [-0.3, -0.25) is 0 Å². The van der Waals surface area contributed by atoms with Crippen LogP contribution in [0.15, 0.2) is 6.20 Å². The van der Waals surface area contributed by atoms with Crippen LogP contribution in [0.1, 0.15) is 6.42 Å². The molecule has 102 valence electrons. The van der Waals surface area contributed by atoms with Crippen LogP contribution in [-0.2, 0) is 9.47 Å². The predicted molar refractivity (Wildman–Crippen MR) is 67.6 cm³/mol. The maximum absolute atomic E-state index is 13.7. The molecule has 18 heavy (non-hydrogen) atoms. The number of rotatable bonds is 8. The first kappa shape index (κ1) is 15.1. The molecule has 0 amide bonds. The van der Waals surface area contributed by atoms with Gasteiger partial charge in [0.1, 0.15) is 0 Å². The van der Waals surface area contributed by atoms with E-state index in [-0.39, 0.29) is 11.1 Å². The fourth-order valence-electron chi connectivity index (χ4n) is 1.48. The molecule has 1 heterocycles. The van der Waals surface area contributed by atoms with E-state index in [1.54, 1.807) is 19.1 Å². The molecule has 0 unspecified atom stereocenters. The van der Waals surface area contributed by atoms with Crippen LogP contribution in [0.2, 0.25) is 5.28 Å². The minimum Gasteiger partial charge on any atom is -0.385 e. The lowest BCUT2D eigenvalue weighted by atomic mass is 10.3. The van der Waals surface area contributed by atoms with E-state index in [4.69, 9.17) is 21.1 Å². The van der Waals surface area contributed by atoms with Crippen molar-refractivity contribution >= 4 is 17.4 Å². The van der Waals surface area contributed by atoms with Crippen molar-refractivity contribution in [2.45, 2.75) is 6.42 Å². The normalized spacial score (nSPS) is 10.7. The number of ether oxygens (including phenoxy) is 2. The molecule has 0 saturated carbocycles. The summed E-state index contributed by atoms with van der Waals surface area (Å²) in [5.74, 6) is -0.295. The predicted octanol–water partition coefficient (Wildman–Crippen LogP) is 1.76. The van der Waals surface area contributed by atoms with Gasteiger partial charge >= 0.3 is 0 Å². The molecule has 0 atom stereocenters. The third-order valence-corrected chi connectivity index (χ3v) is 2.52. The Hall–Kier alpha value is -0.980. The standard InChI is InChI=1S/C11H17ClFN3O2/c1-17-6-3-4-16(5-7-18-2)10-9(13)8-14-11(12)15-10/h8H,3-7H2,1-2H3. The summed E-state index contributed by atoms with van der Waals surface area (Å²) in [6.45, 7) is 2.23. The first-order valence-electron chi connectivity index (χ1n) is 5.60. The van der Waals surface area contributed by atoms with Crippen LogP contribution in [0.3, 0.4) is 0 Å². The summed E-state index contributed by atoms with van der Waals surface area (Å²) in [7, 11) is 3.22. The Morgan fingerprint density at radius 3 is 2.67 bits per heavy atom. The van der Waals surface area contributed by atoms with E-state index in [1.807, 2.05) is 0 Å². The van der Waals surface area contributed by atoms with E-state index in [9.17, 15) is 4.39 Å². The summed E-state index contributed by atoms with van der Waals surface area (Å²) in [6.07, 6.45) is 1.84. The van der Waals surface area contributed by atoms with E-state index in [2.05, 4.69) is 9.97 Å². The molecular weight excluding hydrogens is 261 g/mol. The molecule has 0 bridgehead atoms. The van der Waals surface area contributed by atoms with Crippen molar-refractivity contribution in [3.63, 3.8) is 0 Å². The summed E-state index contributed by atoms with van der Waals surface area (Å²) in [6, 6.07) is 0. The van der Waals surface area contributed by atoms with Gasteiger partial charge in [-0.1, -0.05) is 0 Å². The van der Waals surface area contributed by atoms with Crippen LogP contribution >= 0.6 is 11.6 Å². The molecule has 0 N–H and O–H groups in total. The van der Waals surface area contributed by atoms with Gasteiger partial charge in [0.15, 0.2) is 11.6 Å². The van der Waals surface area contributed by atoms with Crippen molar-refractivity contribution in [3.05, 3.63) is 17.3 Å². The monoisotopic (exact) mass is 277 g/mol. The van der Waals surface area contributed by atoms with E-state index in [0.717, 1.165) is 12.6 Å². The number of hydrogen-bond donors (Lipinski definition) is 0. The fourth-order valence-corrected chi connectivity index (χ4v) is 1.61. The van der Waals surface area contributed by atoms with Crippen LogP contribution < -0.4 is 4.90 Å². The molecule has 0 aromatic carbocycles. The van der Waals surface area contributed by atoms with Gasteiger partial charge in [-0.15, -0.1) is 0 Å². The minimum absolute atomic E-state index is 0.0283. The van der Waals surface area contributed by atoms with Crippen molar-refractivity contribution in [2.24, 2.45) is 0 Å². The molecule has 0 aliphatic rings. The van der Waals surface area contributed by atoms with E-state index < -0.39 is 5.82 Å². The number of methoxy groups -OCH3 is 2. The summed E-state index contributed by atoms with van der Waals surface area (Å²) in [5.41, 5.74) is 0. The van der Waals surface area contributed by atoms with Gasteiger partial charge in [-0.2, -0.15) is 4.98 Å². The minimum atomic E-state index is -0.493. The maximum Gasteiger partial charge on any atom is 0.224 e. The van der Waals surface area contributed by atoms with Crippen LogP contribution in [0.5, 0.6) is 0 Å². The number of nitrogens with zero attached hydrogens (tertiary/aromatic N) is 3. The van der Waals surface area contributed by atoms with E-state index >= 15 is 0 Å². The van der Waals surface area contributed by atoms with E-state index in [0.29, 0.717) is 26.3 Å². The second-order valence-corrected chi connectivity index (χ2v) is 3.97. The second-order valence-electron chi connectivity index (χ2n) is 3.64. The van der Waals surface area contributed by atoms with Crippen molar-refractivity contribution in [3.8, 4) is 0 Å². The Morgan fingerprint density at radius 2 is 2.00 bits per heavy atom. The molecule has 0 fully saturated rings. The third kappa shape index (κ3) is 4.72. The van der Waals surface area contributed by atoms with E-state index in [1.165, 1.54) is 0 Å². The third-order valence-electron chi connectivity index (χ3n) is 2.34. The van der Waals surface area contributed by atoms with Gasteiger partial charge in [0.25, 0.3) is 0 Å². The molecule has 7 heteroatoms. The first-order chi connectivity index (χ1) is 8.69. The fraction of sp³-hybridized carbons (Fsp3) is 0.636. The maximum atomic E-state index is 13.7. The summed E-state index contributed by atoms with van der Waals surface area (Å²) >= 11 is 5.68. The average molecular weight is 278 g/mol. The molecule has 1 aromatic rings. The molecule has 5 nitrogen and oxygen atoms in total. The van der Waals surface area contributed by atoms with Gasteiger partial charge < -0.3 is 14.4 Å². The Morgan fingerprint density at radius 1 is 1.28 bits per heavy atom. The highest BCUT2D eigenvalue weighted by molar-refractivity contribution is 6.28. The SMILES string of the molecule is COCCCN(CCOC)c1nc(Cl)ncc1F. The number of hydrogen-bond acceptors (Lipinski definition) is 5. The molecule has 0 saturated heterocycles. The molecule has 1 rings (SSSR count). The van der Waals surface area contributed by atoms with Crippen molar-refractivity contribution in [1.82, 2.24) is 9.97 Å². The highest BCUT2D eigenvalue weighted by Gasteiger charge is 2.14. The number of halogens is 2. The molecule has 0 aliphatic heterocycles. The number of anilines is 1. The summed E-state index contributed by atoms with van der Waals surface area (Å²) in [5, 5.41) is 0.0283. The molecule has 0 spiro atoms. The second kappa shape index (κ2) is 8.18. The van der Waals surface area contributed by atoms with Crippen molar-refractivity contribution < 1.29 is 13.9 Å². The molecule has 0 radical (unpaired) electrons. The smallest absolute Gasteiger partial charge is 0.224 e. The van der Waals surface area contributed by atoms with Crippen LogP contribution in [0.4, 0.5) is 10.2 Å². The van der Waals surface area contributed by atoms with Gasteiger partial charge in [-0.05, 0) is 18.0 Å². The quantitative estimate of drug-likeness (QED) is 0.535. The van der Waals surface area contributed by atoms with Crippen LogP contribution in [0.25, 0.3) is 0 Å². The lowest BCUT2D eigenvalue weighted by Crippen LogP contribution is -2.30. The Labute approximate surface area is 111 Å². The zero-order chi connectivity index (χ0) is 13.4. The van der Waals surface area contributed by atoms with Crippen molar-refractivity contribution in [1.29, 1.82) is 0 Å². The highest BCUT2D eigenvalue weighted by atomic mass is 35.5. The lowest BCUT2D eigenvalue weighted by Gasteiger charge is -2.23. The molecular formula is C11H17ClFN3O2. The topological polar surface area (TPSA) is 47.5 Å². The van der Waals surface area contributed by atoms with Crippen LogP contribution in [0, 0.1) is 5.82 Å². The largest absolute Gasteiger partial charge is 0.385 e. The first-order valence-corrected chi connectivity index (χ1v) is 5.97. The lowest BCUT2D eigenvalue weighted by molar-refractivity contribution is 0.190.